The normalized spacial score (nSPS) is 28.6. The lowest BCUT2D eigenvalue weighted by atomic mass is 10.1. The van der Waals surface area contributed by atoms with Gasteiger partial charge in [-0.15, -0.1) is 11.3 Å². The predicted octanol–water partition coefficient (Wildman–Crippen LogP) is 0.684. The van der Waals surface area contributed by atoms with Gasteiger partial charge in [-0.2, -0.15) is 0 Å². The van der Waals surface area contributed by atoms with Crippen LogP contribution in [0, 0.1) is 0 Å². The minimum absolute atomic E-state index is 0.0381. The largest absolute Gasteiger partial charge is 0.338 e. The van der Waals surface area contributed by atoms with E-state index in [1.165, 1.54) is 11.3 Å². The van der Waals surface area contributed by atoms with Gasteiger partial charge in [0.25, 0.3) is 5.91 Å². The van der Waals surface area contributed by atoms with E-state index >= 15 is 0 Å². The van der Waals surface area contributed by atoms with E-state index in [9.17, 15) is 18.0 Å². The fourth-order valence-electron chi connectivity index (χ4n) is 4.39. The van der Waals surface area contributed by atoms with Gasteiger partial charge in [-0.25, -0.2) is 8.42 Å². The number of nitrogens with zero attached hydrogens (tertiary/aromatic N) is 3. The highest BCUT2D eigenvalue weighted by atomic mass is 32.2. The molecular weight excluding hydrogens is 386 g/mol. The molecule has 148 valence electrons. The Hall–Kier alpha value is -1.45. The molecule has 2 atom stereocenters. The van der Waals surface area contributed by atoms with Gasteiger partial charge in [-0.05, 0) is 30.7 Å². The monoisotopic (exact) mass is 411 g/mol. The Morgan fingerprint density at radius 2 is 1.85 bits per heavy atom. The van der Waals surface area contributed by atoms with E-state index in [2.05, 4.69) is 4.90 Å². The van der Waals surface area contributed by atoms with Crippen LogP contribution in [-0.4, -0.2) is 91.2 Å². The summed E-state index contributed by atoms with van der Waals surface area (Å²) in [7, 11) is -2.89. The topological polar surface area (TPSA) is 78.0 Å². The Bertz CT molecular complexity index is 801. The Morgan fingerprint density at radius 1 is 1.07 bits per heavy atom. The fraction of sp³-hybridized carbons (Fsp3) is 0.667. The van der Waals surface area contributed by atoms with Crippen molar-refractivity contribution in [3.05, 3.63) is 22.4 Å². The van der Waals surface area contributed by atoms with Crippen molar-refractivity contribution >= 4 is 33.0 Å². The number of hydrogen-bond acceptors (Lipinski definition) is 6. The van der Waals surface area contributed by atoms with Crippen molar-refractivity contribution in [2.75, 3.05) is 44.2 Å². The molecule has 0 spiro atoms. The Morgan fingerprint density at radius 3 is 2.48 bits per heavy atom. The van der Waals surface area contributed by atoms with Crippen molar-refractivity contribution < 1.29 is 18.0 Å². The molecule has 0 aromatic carbocycles. The van der Waals surface area contributed by atoms with Gasteiger partial charge in [-0.1, -0.05) is 6.07 Å². The first-order valence-corrected chi connectivity index (χ1v) is 12.2. The molecule has 2 amide bonds. The maximum Gasteiger partial charge on any atom is 0.264 e. The van der Waals surface area contributed by atoms with Crippen LogP contribution >= 0.6 is 11.3 Å². The zero-order valence-electron chi connectivity index (χ0n) is 15.2. The van der Waals surface area contributed by atoms with Crippen LogP contribution in [0.15, 0.2) is 17.5 Å². The minimum atomic E-state index is -2.89. The second-order valence-corrected chi connectivity index (χ2v) is 10.7. The lowest BCUT2D eigenvalue weighted by Crippen LogP contribution is -2.56. The molecule has 0 saturated carbocycles. The highest BCUT2D eigenvalue weighted by Crippen LogP contribution is 2.25. The smallest absolute Gasteiger partial charge is 0.264 e. The lowest BCUT2D eigenvalue weighted by Gasteiger charge is -2.39. The molecule has 0 radical (unpaired) electrons. The van der Waals surface area contributed by atoms with Gasteiger partial charge >= 0.3 is 0 Å². The molecular formula is C18H25N3O4S2. The number of piperazine rings is 1. The maximum absolute atomic E-state index is 13.0. The van der Waals surface area contributed by atoms with Crippen molar-refractivity contribution in [2.24, 2.45) is 0 Å². The third-order valence-electron chi connectivity index (χ3n) is 5.88. The molecule has 3 aliphatic heterocycles. The average Bonchev–Trinajstić information content (AvgIpc) is 3.41. The first-order valence-electron chi connectivity index (χ1n) is 9.52. The molecule has 0 N–H and O–H groups in total. The van der Waals surface area contributed by atoms with Gasteiger partial charge in [0.1, 0.15) is 6.04 Å². The summed E-state index contributed by atoms with van der Waals surface area (Å²) >= 11 is 1.41. The number of sulfone groups is 1. The Balaban J connectivity index is 1.35. The summed E-state index contributed by atoms with van der Waals surface area (Å²) in [6, 6.07) is 3.39. The van der Waals surface area contributed by atoms with E-state index in [4.69, 9.17) is 0 Å². The molecule has 4 rings (SSSR count). The van der Waals surface area contributed by atoms with Crippen molar-refractivity contribution in [3.8, 4) is 0 Å². The molecule has 3 fully saturated rings. The van der Waals surface area contributed by atoms with E-state index in [0.29, 0.717) is 44.0 Å². The fourth-order valence-corrected chi connectivity index (χ4v) is 6.83. The second-order valence-electron chi connectivity index (χ2n) is 7.55. The SMILES string of the molecule is O=C([C@H]1CCCN1C(=O)c1cccs1)N1CCN([C@@H]2CCS(=O)(=O)C2)CC1. The van der Waals surface area contributed by atoms with E-state index < -0.39 is 9.84 Å². The van der Waals surface area contributed by atoms with Crippen LogP contribution in [0.4, 0.5) is 0 Å². The predicted molar refractivity (Wildman–Crippen MR) is 104 cm³/mol. The van der Waals surface area contributed by atoms with Crippen LogP contribution in [0.3, 0.4) is 0 Å². The number of likely N-dealkylation sites (tertiary alicyclic amines) is 1. The van der Waals surface area contributed by atoms with Gasteiger partial charge in [0.15, 0.2) is 9.84 Å². The summed E-state index contributed by atoms with van der Waals surface area (Å²) in [6.07, 6.45) is 2.27. The number of carbonyl (C=O) groups is 2. The number of thiophene rings is 1. The van der Waals surface area contributed by atoms with Crippen LogP contribution < -0.4 is 0 Å². The quantitative estimate of drug-likeness (QED) is 0.731. The molecule has 0 bridgehead atoms. The second kappa shape index (κ2) is 7.52. The summed E-state index contributed by atoms with van der Waals surface area (Å²) in [6.45, 7) is 3.25. The highest BCUT2D eigenvalue weighted by Gasteiger charge is 2.39. The summed E-state index contributed by atoms with van der Waals surface area (Å²) in [5.41, 5.74) is 0. The van der Waals surface area contributed by atoms with Gasteiger partial charge in [0.05, 0.1) is 16.4 Å². The third kappa shape index (κ3) is 3.90. The van der Waals surface area contributed by atoms with Crippen LogP contribution in [-0.2, 0) is 14.6 Å². The van der Waals surface area contributed by atoms with E-state index in [1.807, 2.05) is 16.3 Å². The number of rotatable bonds is 3. The summed E-state index contributed by atoms with van der Waals surface area (Å²) < 4.78 is 23.4. The first-order chi connectivity index (χ1) is 12.9. The van der Waals surface area contributed by atoms with E-state index in [-0.39, 0.29) is 35.4 Å². The van der Waals surface area contributed by atoms with Crippen molar-refractivity contribution in [1.29, 1.82) is 0 Å². The summed E-state index contributed by atoms with van der Waals surface area (Å²) in [5, 5.41) is 1.88. The molecule has 27 heavy (non-hydrogen) atoms. The van der Waals surface area contributed by atoms with Crippen LogP contribution in [0.2, 0.25) is 0 Å². The van der Waals surface area contributed by atoms with Crippen LogP contribution in [0.25, 0.3) is 0 Å². The zero-order valence-corrected chi connectivity index (χ0v) is 16.9. The molecule has 4 heterocycles. The van der Waals surface area contributed by atoms with Gasteiger partial charge in [0.2, 0.25) is 5.91 Å². The molecule has 3 aliphatic rings. The van der Waals surface area contributed by atoms with Crippen LogP contribution in [0.1, 0.15) is 28.9 Å². The number of amides is 2. The molecule has 7 nitrogen and oxygen atoms in total. The molecule has 1 aromatic rings. The molecule has 0 aliphatic carbocycles. The van der Waals surface area contributed by atoms with E-state index in [1.54, 1.807) is 11.0 Å². The Labute approximate surface area is 163 Å². The lowest BCUT2D eigenvalue weighted by molar-refractivity contribution is -0.137. The van der Waals surface area contributed by atoms with Gasteiger partial charge < -0.3 is 9.80 Å². The summed E-state index contributed by atoms with van der Waals surface area (Å²) in [5.74, 6) is 0.512. The molecule has 9 heteroatoms. The average molecular weight is 412 g/mol. The van der Waals surface area contributed by atoms with Crippen molar-refractivity contribution in [2.45, 2.75) is 31.3 Å². The van der Waals surface area contributed by atoms with Crippen molar-refractivity contribution in [1.82, 2.24) is 14.7 Å². The highest BCUT2D eigenvalue weighted by molar-refractivity contribution is 7.91. The van der Waals surface area contributed by atoms with Gasteiger partial charge in [-0.3, -0.25) is 14.5 Å². The molecule has 1 aromatic heterocycles. The van der Waals surface area contributed by atoms with Gasteiger partial charge in [0, 0.05) is 38.8 Å². The molecule has 3 saturated heterocycles. The standard InChI is InChI=1S/C18H25N3O4S2/c22-17(15-3-1-6-21(15)18(23)16-4-2-11-26-16)20-9-7-19(8-10-20)14-5-12-27(24,25)13-14/h2,4,11,14-15H,1,3,5-10,12-13H2/t14-,15-/m1/s1. The third-order valence-corrected chi connectivity index (χ3v) is 8.49. The van der Waals surface area contributed by atoms with E-state index in [0.717, 1.165) is 12.8 Å². The summed E-state index contributed by atoms with van der Waals surface area (Å²) in [4.78, 5) is 32.2. The minimum Gasteiger partial charge on any atom is -0.338 e. The first kappa shape index (κ1) is 18.9. The molecule has 0 unspecified atom stereocenters. The number of carbonyl (C=O) groups excluding carboxylic acids is 2. The number of hydrogen-bond donors (Lipinski definition) is 0. The Kier molecular flexibility index (Phi) is 5.26. The van der Waals surface area contributed by atoms with Crippen LogP contribution in [0.5, 0.6) is 0 Å². The maximum atomic E-state index is 13.0. The van der Waals surface area contributed by atoms with Crippen molar-refractivity contribution in [3.63, 3.8) is 0 Å². The zero-order chi connectivity index (χ0) is 19.0.